The van der Waals surface area contributed by atoms with E-state index in [1.54, 1.807) is 0 Å². The van der Waals surface area contributed by atoms with Crippen molar-refractivity contribution >= 4 is 29.0 Å². The van der Waals surface area contributed by atoms with E-state index in [2.05, 4.69) is 15.1 Å². The molecule has 2 amide bonds. The number of benzene rings is 1. The number of aromatic nitrogens is 2. The van der Waals surface area contributed by atoms with Crippen LogP contribution in [0.3, 0.4) is 0 Å². The number of ether oxygens (including phenoxy) is 1. The molecular formula is C34H41N5O3S. The van der Waals surface area contributed by atoms with Gasteiger partial charge in [0.15, 0.2) is 11.5 Å². The Kier molecular flexibility index (Phi) is 7.61. The summed E-state index contributed by atoms with van der Waals surface area (Å²) in [4.78, 5) is 33.3. The van der Waals surface area contributed by atoms with Crippen LogP contribution in [0, 0.1) is 23.2 Å². The summed E-state index contributed by atoms with van der Waals surface area (Å²) >= 11 is 1.48. The van der Waals surface area contributed by atoms with Crippen LogP contribution in [0.25, 0.3) is 11.1 Å². The lowest BCUT2D eigenvalue weighted by atomic mass is 9.49. The standard InChI is InChI=1S/C34H41N5O3S/c1-3-42-28-6-4-5-26(16-28)27-17-30(43-21-27)33(41)39-11-9-38(10-12-39)31-8-7-29(35-36-31)32(40)37(2)22-34-18-23-13-24(19-34)15-25(14-23)20-34/h4-8,16-17,21,23-25H,3,9-15,18-20,22H2,1-2H3. The molecule has 4 aliphatic carbocycles. The van der Waals surface area contributed by atoms with E-state index in [0.29, 0.717) is 43.9 Å². The van der Waals surface area contributed by atoms with Crippen molar-refractivity contribution in [2.24, 2.45) is 23.2 Å². The van der Waals surface area contributed by atoms with Gasteiger partial charge in [-0.15, -0.1) is 21.5 Å². The number of rotatable bonds is 8. The van der Waals surface area contributed by atoms with E-state index in [1.807, 2.05) is 71.6 Å². The molecule has 1 aromatic carbocycles. The summed E-state index contributed by atoms with van der Waals surface area (Å²) < 4.78 is 5.63. The molecule has 4 saturated carbocycles. The van der Waals surface area contributed by atoms with E-state index in [9.17, 15) is 9.59 Å². The van der Waals surface area contributed by atoms with Gasteiger partial charge in [0.1, 0.15) is 5.75 Å². The van der Waals surface area contributed by atoms with Crippen LogP contribution in [0.5, 0.6) is 5.75 Å². The molecule has 5 fully saturated rings. The zero-order valence-corrected chi connectivity index (χ0v) is 26.0. The highest BCUT2D eigenvalue weighted by molar-refractivity contribution is 7.12. The van der Waals surface area contributed by atoms with E-state index in [4.69, 9.17) is 4.74 Å². The number of piperazine rings is 1. The monoisotopic (exact) mass is 599 g/mol. The maximum absolute atomic E-state index is 13.3. The van der Waals surface area contributed by atoms with Crippen LogP contribution in [0.4, 0.5) is 5.82 Å². The van der Waals surface area contributed by atoms with Crippen LogP contribution >= 0.6 is 11.3 Å². The highest BCUT2D eigenvalue weighted by Gasteiger charge is 2.51. The van der Waals surface area contributed by atoms with E-state index in [1.165, 1.54) is 49.9 Å². The van der Waals surface area contributed by atoms with Crippen molar-refractivity contribution in [3.8, 4) is 16.9 Å². The molecule has 43 heavy (non-hydrogen) atoms. The van der Waals surface area contributed by atoms with E-state index in [0.717, 1.165) is 51.9 Å². The molecule has 0 radical (unpaired) electrons. The molecule has 2 aromatic heterocycles. The maximum atomic E-state index is 13.3. The second kappa shape index (κ2) is 11.6. The molecule has 9 heteroatoms. The molecule has 0 atom stereocenters. The first-order chi connectivity index (χ1) is 20.9. The highest BCUT2D eigenvalue weighted by atomic mass is 32.1. The van der Waals surface area contributed by atoms with Crippen LogP contribution in [-0.2, 0) is 0 Å². The summed E-state index contributed by atoms with van der Waals surface area (Å²) in [6.07, 6.45) is 8.08. The van der Waals surface area contributed by atoms with Gasteiger partial charge in [0.05, 0.1) is 11.5 Å². The zero-order valence-electron chi connectivity index (χ0n) is 25.2. The van der Waals surface area contributed by atoms with Gasteiger partial charge in [-0.25, -0.2) is 0 Å². The summed E-state index contributed by atoms with van der Waals surface area (Å²) in [7, 11) is 1.93. The number of amides is 2. The molecule has 1 saturated heterocycles. The first-order valence-electron chi connectivity index (χ1n) is 15.8. The molecule has 0 spiro atoms. The summed E-state index contributed by atoms with van der Waals surface area (Å²) in [6, 6.07) is 13.7. The lowest BCUT2D eigenvalue weighted by molar-refractivity contribution is -0.0629. The second-order valence-corrected chi connectivity index (χ2v) is 14.2. The largest absolute Gasteiger partial charge is 0.494 e. The third-order valence-corrected chi connectivity index (χ3v) is 11.1. The van der Waals surface area contributed by atoms with E-state index >= 15 is 0 Å². The number of hydrogen-bond donors (Lipinski definition) is 0. The summed E-state index contributed by atoms with van der Waals surface area (Å²) in [5, 5.41) is 10.8. The van der Waals surface area contributed by atoms with Gasteiger partial charge >= 0.3 is 0 Å². The molecule has 8 nitrogen and oxygen atoms in total. The average Bonchev–Trinajstić information content (AvgIpc) is 3.51. The Balaban J connectivity index is 0.930. The van der Waals surface area contributed by atoms with Gasteiger partial charge < -0.3 is 19.4 Å². The van der Waals surface area contributed by atoms with Crippen molar-refractivity contribution < 1.29 is 14.3 Å². The molecule has 0 unspecified atom stereocenters. The Bertz CT molecular complexity index is 1440. The van der Waals surface area contributed by atoms with Gasteiger partial charge in [0, 0.05) is 39.8 Å². The number of hydrogen-bond acceptors (Lipinski definition) is 7. The lowest BCUT2D eigenvalue weighted by Gasteiger charge is -2.57. The molecule has 0 N–H and O–H groups in total. The Morgan fingerprint density at radius 2 is 1.67 bits per heavy atom. The lowest BCUT2D eigenvalue weighted by Crippen LogP contribution is -2.51. The van der Waals surface area contributed by atoms with Crippen LogP contribution in [0.2, 0.25) is 0 Å². The fourth-order valence-corrected chi connectivity index (χ4v) is 9.57. The summed E-state index contributed by atoms with van der Waals surface area (Å²) in [5.41, 5.74) is 2.79. The number of anilines is 1. The van der Waals surface area contributed by atoms with Crippen LogP contribution in [-0.4, -0.2) is 78.2 Å². The van der Waals surface area contributed by atoms with Crippen molar-refractivity contribution in [3.63, 3.8) is 0 Å². The first-order valence-corrected chi connectivity index (χ1v) is 16.7. The average molecular weight is 600 g/mol. The third kappa shape index (κ3) is 5.76. The Hall–Kier alpha value is -3.46. The SMILES string of the molecule is CCOc1cccc(-c2csc(C(=O)N3CCN(c4ccc(C(=O)N(C)CC56CC7CC(CC(C7)C5)C6)nn4)CC3)c2)c1. The van der Waals surface area contributed by atoms with E-state index in [-0.39, 0.29) is 11.8 Å². The minimum absolute atomic E-state index is 0.0369. The number of carbonyl (C=O) groups is 2. The summed E-state index contributed by atoms with van der Waals surface area (Å²) in [6.45, 7) is 6.00. The predicted octanol–water partition coefficient (Wildman–Crippen LogP) is 5.85. The predicted molar refractivity (Wildman–Crippen MR) is 169 cm³/mol. The highest BCUT2D eigenvalue weighted by Crippen LogP contribution is 2.60. The first kappa shape index (κ1) is 28.3. The molecular weight excluding hydrogens is 558 g/mol. The second-order valence-electron chi connectivity index (χ2n) is 13.3. The van der Waals surface area contributed by atoms with Crippen LogP contribution in [0.15, 0.2) is 47.8 Å². The fraction of sp³-hybridized carbons (Fsp3) is 0.529. The van der Waals surface area contributed by atoms with Crippen molar-refractivity contribution in [3.05, 3.63) is 58.4 Å². The van der Waals surface area contributed by atoms with Gasteiger partial charge in [-0.1, -0.05) is 12.1 Å². The molecule has 5 aliphatic rings. The Morgan fingerprint density at radius 1 is 0.953 bits per heavy atom. The Morgan fingerprint density at radius 3 is 2.33 bits per heavy atom. The van der Waals surface area contributed by atoms with Gasteiger partial charge in [-0.2, -0.15) is 0 Å². The van der Waals surface area contributed by atoms with Gasteiger partial charge in [0.25, 0.3) is 11.8 Å². The number of thiophene rings is 1. The molecule has 3 aromatic rings. The molecule has 226 valence electrons. The number of nitrogens with zero attached hydrogens (tertiary/aromatic N) is 5. The van der Waals surface area contributed by atoms with Crippen LogP contribution < -0.4 is 9.64 Å². The quantitative estimate of drug-likeness (QED) is 0.323. The normalized spacial score (nSPS) is 26.0. The van der Waals surface area contributed by atoms with Gasteiger partial charge in [-0.05, 0) is 115 Å². The van der Waals surface area contributed by atoms with Crippen molar-refractivity contribution in [1.29, 1.82) is 0 Å². The van der Waals surface area contributed by atoms with Crippen molar-refractivity contribution in [2.45, 2.75) is 45.4 Å². The smallest absolute Gasteiger partial charge is 0.274 e. The van der Waals surface area contributed by atoms with Crippen LogP contribution in [0.1, 0.15) is 65.6 Å². The van der Waals surface area contributed by atoms with E-state index < -0.39 is 0 Å². The minimum atomic E-state index is -0.0369. The summed E-state index contributed by atoms with van der Waals surface area (Å²) in [5.74, 6) is 4.22. The van der Waals surface area contributed by atoms with Crippen molar-refractivity contribution in [1.82, 2.24) is 20.0 Å². The minimum Gasteiger partial charge on any atom is -0.494 e. The zero-order chi connectivity index (χ0) is 29.6. The molecule has 1 aliphatic heterocycles. The van der Waals surface area contributed by atoms with Gasteiger partial charge in [0.2, 0.25) is 0 Å². The van der Waals surface area contributed by atoms with Crippen molar-refractivity contribution in [2.75, 3.05) is 51.3 Å². The Labute approximate surface area is 258 Å². The molecule has 8 rings (SSSR count). The molecule has 4 bridgehead atoms. The fourth-order valence-electron chi connectivity index (χ4n) is 8.69. The third-order valence-electron chi connectivity index (χ3n) is 10.1. The molecule has 3 heterocycles. The maximum Gasteiger partial charge on any atom is 0.274 e. The van der Waals surface area contributed by atoms with Gasteiger partial charge in [-0.3, -0.25) is 9.59 Å². The number of carbonyl (C=O) groups excluding carboxylic acids is 2. The topological polar surface area (TPSA) is 78.9 Å².